The molecule has 1 N–H and O–H groups in total. The number of aromatic nitrogens is 2. The summed E-state index contributed by atoms with van der Waals surface area (Å²) >= 11 is 1.51. The molecule has 7 heteroatoms. The fourth-order valence-corrected chi connectivity index (χ4v) is 4.11. The lowest BCUT2D eigenvalue weighted by Crippen LogP contribution is -2.52. The number of aliphatic imine (C=N–C) groups is 1. The van der Waals surface area contributed by atoms with Crippen molar-refractivity contribution >= 4 is 22.6 Å². The highest BCUT2D eigenvalue weighted by Crippen LogP contribution is 2.20. The van der Waals surface area contributed by atoms with E-state index in [1.807, 2.05) is 7.05 Å². The van der Waals surface area contributed by atoms with E-state index in [0.29, 0.717) is 5.92 Å². The van der Waals surface area contributed by atoms with Gasteiger partial charge in [-0.25, -0.2) is 4.98 Å². The number of rotatable bonds is 6. The SMILES string of the molecule is CCc1nsc(N2CCN(C(=NC)NCCC(C)c3ccccc3)CC2)n1. The molecule has 1 fully saturated rings. The summed E-state index contributed by atoms with van der Waals surface area (Å²) in [5.74, 6) is 2.49. The zero-order valence-corrected chi connectivity index (χ0v) is 17.4. The first kappa shape index (κ1) is 19.6. The summed E-state index contributed by atoms with van der Waals surface area (Å²) in [5, 5.41) is 4.59. The molecule has 1 aromatic carbocycles. The van der Waals surface area contributed by atoms with Crippen molar-refractivity contribution in [3.8, 4) is 0 Å². The van der Waals surface area contributed by atoms with Crippen molar-refractivity contribution < 1.29 is 0 Å². The number of nitrogens with one attached hydrogen (secondary N) is 1. The molecule has 1 aromatic heterocycles. The summed E-state index contributed by atoms with van der Waals surface area (Å²) in [6.07, 6.45) is 1.99. The molecule has 2 aromatic rings. The van der Waals surface area contributed by atoms with Crippen LogP contribution < -0.4 is 10.2 Å². The number of anilines is 1. The fraction of sp³-hybridized carbons (Fsp3) is 0.550. The molecule has 6 nitrogen and oxygen atoms in total. The molecule has 146 valence electrons. The Kier molecular flexibility index (Phi) is 7.04. The number of benzene rings is 1. The summed E-state index contributed by atoms with van der Waals surface area (Å²) in [6, 6.07) is 10.7. The van der Waals surface area contributed by atoms with Crippen LogP contribution in [-0.4, -0.2) is 60.0 Å². The van der Waals surface area contributed by atoms with Crippen molar-refractivity contribution in [2.24, 2.45) is 4.99 Å². The Hall–Kier alpha value is -2.15. The molecule has 2 heterocycles. The molecule has 0 aliphatic carbocycles. The van der Waals surface area contributed by atoms with Gasteiger partial charge in [-0.1, -0.05) is 44.2 Å². The lowest BCUT2D eigenvalue weighted by molar-refractivity contribution is 0.371. The number of hydrogen-bond donors (Lipinski definition) is 1. The lowest BCUT2D eigenvalue weighted by Gasteiger charge is -2.36. The average Bonchev–Trinajstić information content (AvgIpc) is 3.21. The predicted octanol–water partition coefficient (Wildman–Crippen LogP) is 2.99. The first-order valence-corrected chi connectivity index (χ1v) is 10.6. The highest BCUT2D eigenvalue weighted by atomic mass is 32.1. The molecule has 1 atom stereocenters. The quantitative estimate of drug-likeness (QED) is 0.611. The zero-order valence-electron chi connectivity index (χ0n) is 16.6. The second-order valence-corrected chi connectivity index (χ2v) is 7.63. The van der Waals surface area contributed by atoms with E-state index >= 15 is 0 Å². The second-order valence-electron chi connectivity index (χ2n) is 6.90. The van der Waals surface area contributed by atoms with Crippen molar-refractivity contribution in [1.82, 2.24) is 19.6 Å². The fourth-order valence-electron chi connectivity index (χ4n) is 3.31. The van der Waals surface area contributed by atoms with Gasteiger partial charge in [0.05, 0.1) is 0 Å². The summed E-state index contributed by atoms with van der Waals surface area (Å²) in [6.45, 7) is 9.13. The Balaban J connectivity index is 1.45. The molecular formula is C20H30N6S. The van der Waals surface area contributed by atoms with Gasteiger partial charge in [0, 0.05) is 57.7 Å². The number of guanidine groups is 1. The second kappa shape index (κ2) is 9.69. The van der Waals surface area contributed by atoms with Crippen molar-refractivity contribution in [2.75, 3.05) is 44.7 Å². The maximum atomic E-state index is 4.61. The molecule has 27 heavy (non-hydrogen) atoms. The van der Waals surface area contributed by atoms with Crippen LogP contribution in [0.2, 0.25) is 0 Å². The predicted molar refractivity (Wildman–Crippen MR) is 114 cm³/mol. The Labute approximate surface area is 166 Å². The van der Waals surface area contributed by atoms with E-state index in [1.54, 1.807) is 0 Å². The molecule has 1 aliphatic rings. The molecule has 0 saturated carbocycles. The third kappa shape index (κ3) is 5.19. The summed E-state index contributed by atoms with van der Waals surface area (Å²) in [7, 11) is 1.87. The van der Waals surface area contributed by atoms with Crippen molar-refractivity contribution in [1.29, 1.82) is 0 Å². The zero-order chi connectivity index (χ0) is 19.1. The summed E-state index contributed by atoms with van der Waals surface area (Å²) < 4.78 is 4.40. The standard InChI is InChI=1S/C20H30N6S/c1-4-18-23-20(27-24-18)26-14-12-25(13-15-26)19(21-3)22-11-10-16(2)17-8-6-5-7-9-17/h5-9,16H,4,10-15H2,1-3H3,(H,21,22). The number of piperazine rings is 1. The normalized spacial score (nSPS) is 16.5. The van der Waals surface area contributed by atoms with Crippen LogP contribution in [0.1, 0.15) is 37.6 Å². The molecule has 0 bridgehead atoms. The Bertz CT molecular complexity index is 721. The Morgan fingerprint density at radius 1 is 1.22 bits per heavy atom. The molecule has 1 aliphatic heterocycles. The van der Waals surface area contributed by atoms with Crippen LogP contribution in [0, 0.1) is 0 Å². The van der Waals surface area contributed by atoms with Crippen LogP contribution in [0.3, 0.4) is 0 Å². The molecule has 3 rings (SSSR count). The van der Waals surface area contributed by atoms with Gasteiger partial charge >= 0.3 is 0 Å². The highest BCUT2D eigenvalue weighted by Gasteiger charge is 2.22. The molecule has 0 radical (unpaired) electrons. The van der Waals surface area contributed by atoms with Crippen LogP contribution in [-0.2, 0) is 6.42 Å². The van der Waals surface area contributed by atoms with Gasteiger partial charge in [-0.2, -0.15) is 4.37 Å². The van der Waals surface area contributed by atoms with Gasteiger partial charge in [-0.15, -0.1) is 0 Å². The van der Waals surface area contributed by atoms with Crippen molar-refractivity contribution in [3.63, 3.8) is 0 Å². The van der Waals surface area contributed by atoms with E-state index in [1.165, 1.54) is 17.1 Å². The summed E-state index contributed by atoms with van der Waals surface area (Å²) in [5.41, 5.74) is 1.39. The van der Waals surface area contributed by atoms with Crippen LogP contribution in [0.25, 0.3) is 0 Å². The molecule has 1 saturated heterocycles. The van der Waals surface area contributed by atoms with Crippen LogP contribution >= 0.6 is 11.5 Å². The minimum absolute atomic E-state index is 0.541. The van der Waals surface area contributed by atoms with Gasteiger partial charge in [0.2, 0.25) is 5.13 Å². The number of aryl methyl sites for hydroxylation is 1. The van der Waals surface area contributed by atoms with Gasteiger partial charge < -0.3 is 15.1 Å². The van der Waals surface area contributed by atoms with Gasteiger partial charge in [0.25, 0.3) is 0 Å². The molecule has 0 amide bonds. The van der Waals surface area contributed by atoms with Gasteiger partial charge in [0.15, 0.2) is 5.96 Å². The van der Waals surface area contributed by atoms with E-state index in [4.69, 9.17) is 0 Å². The van der Waals surface area contributed by atoms with Crippen LogP contribution in [0.5, 0.6) is 0 Å². The number of hydrogen-bond acceptors (Lipinski definition) is 5. The minimum atomic E-state index is 0.541. The van der Waals surface area contributed by atoms with E-state index in [2.05, 4.69) is 73.6 Å². The van der Waals surface area contributed by atoms with Crippen molar-refractivity contribution in [2.45, 2.75) is 32.6 Å². The van der Waals surface area contributed by atoms with Crippen LogP contribution in [0.4, 0.5) is 5.13 Å². The first-order valence-electron chi connectivity index (χ1n) is 9.79. The van der Waals surface area contributed by atoms with E-state index in [-0.39, 0.29) is 0 Å². The largest absolute Gasteiger partial charge is 0.356 e. The monoisotopic (exact) mass is 386 g/mol. The maximum Gasteiger partial charge on any atom is 0.205 e. The van der Waals surface area contributed by atoms with Crippen LogP contribution in [0.15, 0.2) is 35.3 Å². The molecule has 1 unspecified atom stereocenters. The third-order valence-corrected chi connectivity index (χ3v) is 5.88. The lowest BCUT2D eigenvalue weighted by atomic mass is 9.98. The first-order chi connectivity index (χ1) is 13.2. The van der Waals surface area contributed by atoms with Crippen molar-refractivity contribution in [3.05, 3.63) is 41.7 Å². The third-order valence-electron chi connectivity index (χ3n) is 5.06. The Morgan fingerprint density at radius 2 is 1.96 bits per heavy atom. The maximum absolute atomic E-state index is 4.61. The average molecular weight is 387 g/mol. The van der Waals surface area contributed by atoms with E-state index in [0.717, 1.165) is 62.5 Å². The van der Waals surface area contributed by atoms with Gasteiger partial charge in [-0.3, -0.25) is 4.99 Å². The summed E-state index contributed by atoms with van der Waals surface area (Å²) in [4.78, 5) is 13.8. The highest BCUT2D eigenvalue weighted by molar-refractivity contribution is 7.09. The number of nitrogens with zero attached hydrogens (tertiary/aromatic N) is 5. The topological polar surface area (TPSA) is 56.7 Å². The van der Waals surface area contributed by atoms with E-state index < -0.39 is 0 Å². The minimum Gasteiger partial charge on any atom is -0.356 e. The van der Waals surface area contributed by atoms with E-state index in [9.17, 15) is 0 Å². The van der Waals surface area contributed by atoms with Gasteiger partial charge in [0.1, 0.15) is 5.82 Å². The Morgan fingerprint density at radius 3 is 2.59 bits per heavy atom. The van der Waals surface area contributed by atoms with Gasteiger partial charge in [-0.05, 0) is 17.9 Å². The smallest absolute Gasteiger partial charge is 0.205 e. The molecular weight excluding hydrogens is 356 g/mol. The molecule has 0 spiro atoms.